The normalized spacial score (nSPS) is 18.8. The third-order valence-electron chi connectivity index (χ3n) is 3.83. The molecule has 1 N–H and O–H groups in total. The van der Waals surface area contributed by atoms with Crippen molar-refractivity contribution >= 4 is 12.0 Å². The molecule has 2 amide bonds. The van der Waals surface area contributed by atoms with E-state index in [2.05, 4.69) is 10.1 Å². The number of hydrogen-bond donors (Lipinski definition) is 1. The molecule has 0 unspecified atom stereocenters. The smallest absolute Gasteiger partial charge is 0.407 e. The molecule has 2 atom stereocenters. The van der Waals surface area contributed by atoms with Gasteiger partial charge in [0, 0.05) is 26.1 Å². The highest BCUT2D eigenvalue weighted by Crippen LogP contribution is 2.22. The molecule has 1 aliphatic rings. The Labute approximate surface area is 130 Å². The fourth-order valence-corrected chi connectivity index (χ4v) is 2.70. The number of hydrogen-bond acceptors (Lipinski definition) is 4. The molecule has 0 bridgehead atoms. The van der Waals surface area contributed by atoms with Crippen LogP contribution in [0, 0.1) is 5.92 Å². The number of ether oxygens (including phenoxy) is 2. The Hall–Kier alpha value is -2.08. The Morgan fingerprint density at radius 1 is 1.32 bits per heavy atom. The Morgan fingerprint density at radius 2 is 2.05 bits per heavy atom. The van der Waals surface area contributed by atoms with Gasteiger partial charge in [-0.2, -0.15) is 0 Å². The van der Waals surface area contributed by atoms with Gasteiger partial charge in [0.2, 0.25) is 5.91 Å². The first kappa shape index (κ1) is 16.3. The van der Waals surface area contributed by atoms with Crippen molar-refractivity contribution in [1.29, 1.82) is 0 Å². The van der Waals surface area contributed by atoms with E-state index >= 15 is 0 Å². The minimum Gasteiger partial charge on any atom is -0.453 e. The van der Waals surface area contributed by atoms with Crippen LogP contribution in [0.4, 0.5) is 4.79 Å². The number of rotatable bonds is 5. The number of benzene rings is 1. The Balaban J connectivity index is 2.11. The zero-order chi connectivity index (χ0) is 15.9. The van der Waals surface area contributed by atoms with Gasteiger partial charge in [0.15, 0.2) is 0 Å². The highest BCUT2D eigenvalue weighted by atomic mass is 16.5. The summed E-state index contributed by atoms with van der Waals surface area (Å²) in [4.78, 5) is 26.1. The van der Waals surface area contributed by atoms with E-state index < -0.39 is 12.1 Å². The van der Waals surface area contributed by atoms with Crippen molar-refractivity contribution < 1.29 is 19.1 Å². The number of nitrogens with zero attached hydrogens (tertiary/aromatic N) is 1. The van der Waals surface area contributed by atoms with Crippen LogP contribution >= 0.6 is 0 Å². The maximum Gasteiger partial charge on any atom is 0.407 e. The molecular formula is C16H22N2O4. The summed E-state index contributed by atoms with van der Waals surface area (Å²) < 4.78 is 9.79. The van der Waals surface area contributed by atoms with Crippen molar-refractivity contribution in [3.05, 3.63) is 35.9 Å². The van der Waals surface area contributed by atoms with Crippen LogP contribution in [0.25, 0.3) is 0 Å². The van der Waals surface area contributed by atoms with Gasteiger partial charge in [-0.1, -0.05) is 30.3 Å². The standard InChI is InChI=1S/C16H22N2O4/c1-21-11-12-8-9-18(10-12)15(19)14(17-16(20)22-2)13-6-4-3-5-7-13/h3-7,12,14H,8-11H2,1-2H3,(H,17,20)/t12-,14-/m0/s1. The number of alkyl carbamates (subject to hydrolysis) is 1. The second-order valence-corrected chi connectivity index (χ2v) is 5.37. The molecule has 2 rings (SSSR count). The molecule has 1 fully saturated rings. The summed E-state index contributed by atoms with van der Waals surface area (Å²) in [6.07, 6.45) is 0.300. The summed E-state index contributed by atoms with van der Waals surface area (Å²) in [7, 11) is 2.95. The van der Waals surface area contributed by atoms with Gasteiger partial charge in [-0.05, 0) is 12.0 Å². The number of carbonyl (C=O) groups excluding carboxylic acids is 2. The first-order valence-corrected chi connectivity index (χ1v) is 7.33. The van der Waals surface area contributed by atoms with Crippen molar-refractivity contribution in [2.45, 2.75) is 12.5 Å². The lowest BCUT2D eigenvalue weighted by Crippen LogP contribution is -2.42. The summed E-state index contributed by atoms with van der Waals surface area (Å²) in [6.45, 7) is 1.97. The van der Waals surface area contributed by atoms with Gasteiger partial charge in [-0.25, -0.2) is 4.79 Å². The van der Waals surface area contributed by atoms with E-state index in [1.165, 1.54) is 7.11 Å². The highest BCUT2D eigenvalue weighted by molar-refractivity contribution is 5.87. The maximum atomic E-state index is 12.8. The minimum atomic E-state index is -0.727. The summed E-state index contributed by atoms with van der Waals surface area (Å²) in [5, 5.41) is 2.62. The van der Waals surface area contributed by atoms with Gasteiger partial charge in [-0.15, -0.1) is 0 Å². The molecule has 1 aromatic rings. The number of methoxy groups -OCH3 is 2. The Morgan fingerprint density at radius 3 is 2.68 bits per heavy atom. The van der Waals surface area contributed by atoms with Crippen molar-refractivity contribution in [1.82, 2.24) is 10.2 Å². The molecule has 1 aromatic carbocycles. The van der Waals surface area contributed by atoms with Crippen molar-refractivity contribution in [3.8, 4) is 0 Å². The number of amides is 2. The van der Waals surface area contributed by atoms with Crippen molar-refractivity contribution in [3.63, 3.8) is 0 Å². The first-order valence-electron chi connectivity index (χ1n) is 7.33. The van der Waals surface area contributed by atoms with Crippen LogP contribution in [0.2, 0.25) is 0 Å². The SMILES string of the molecule is COC[C@H]1CCN(C(=O)[C@@H](NC(=O)OC)c2ccccc2)C1. The third kappa shape index (κ3) is 3.98. The Bertz CT molecular complexity index is 506. The van der Waals surface area contributed by atoms with Crippen LogP contribution in [0.3, 0.4) is 0 Å². The van der Waals surface area contributed by atoms with Gasteiger partial charge in [0.05, 0.1) is 13.7 Å². The van der Waals surface area contributed by atoms with Crippen LogP contribution < -0.4 is 5.32 Å². The molecule has 0 radical (unpaired) electrons. The summed E-state index contributed by atoms with van der Waals surface area (Å²) in [5.74, 6) is 0.235. The fourth-order valence-electron chi connectivity index (χ4n) is 2.70. The summed E-state index contributed by atoms with van der Waals surface area (Å²) in [6, 6.07) is 8.46. The molecule has 0 spiro atoms. The summed E-state index contributed by atoms with van der Waals surface area (Å²) >= 11 is 0. The van der Waals surface area contributed by atoms with Gasteiger partial charge in [0.25, 0.3) is 0 Å². The predicted molar refractivity (Wildman–Crippen MR) is 81.3 cm³/mol. The van der Waals surface area contributed by atoms with E-state index in [0.29, 0.717) is 25.6 Å². The average Bonchev–Trinajstić information content (AvgIpc) is 3.01. The predicted octanol–water partition coefficient (Wildman–Crippen LogP) is 1.58. The van der Waals surface area contributed by atoms with Crippen molar-refractivity contribution in [2.24, 2.45) is 5.92 Å². The van der Waals surface area contributed by atoms with E-state index in [9.17, 15) is 9.59 Å². The molecular weight excluding hydrogens is 284 g/mol. The lowest BCUT2D eigenvalue weighted by Gasteiger charge is -2.24. The van der Waals surface area contributed by atoms with Gasteiger partial charge in [-0.3, -0.25) is 4.79 Å². The quantitative estimate of drug-likeness (QED) is 0.897. The van der Waals surface area contributed by atoms with Crippen LogP contribution in [-0.2, 0) is 14.3 Å². The molecule has 22 heavy (non-hydrogen) atoms. The largest absolute Gasteiger partial charge is 0.453 e. The van der Waals surface area contributed by atoms with E-state index in [1.807, 2.05) is 30.3 Å². The van der Waals surface area contributed by atoms with Crippen LogP contribution in [0.1, 0.15) is 18.0 Å². The van der Waals surface area contributed by atoms with Crippen LogP contribution in [0.15, 0.2) is 30.3 Å². The monoisotopic (exact) mass is 306 g/mol. The number of likely N-dealkylation sites (tertiary alicyclic amines) is 1. The highest BCUT2D eigenvalue weighted by Gasteiger charge is 2.32. The minimum absolute atomic E-state index is 0.116. The third-order valence-corrected chi connectivity index (χ3v) is 3.83. The van der Waals surface area contributed by atoms with Crippen LogP contribution in [-0.4, -0.2) is 50.8 Å². The topological polar surface area (TPSA) is 67.9 Å². The van der Waals surface area contributed by atoms with Gasteiger partial charge >= 0.3 is 6.09 Å². The van der Waals surface area contributed by atoms with E-state index in [1.54, 1.807) is 12.0 Å². The van der Waals surface area contributed by atoms with Crippen LogP contribution in [0.5, 0.6) is 0 Å². The van der Waals surface area contributed by atoms with E-state index in [0.717, 1.165) is 12.0 Å². The zero-order valence-electron chi connectivity index (χ0n) is 13.0. The molecule has 1 saturated heterocycles. The maximum absolute atomic E-state index is 12.8. The van der Waals surface area contributed by atoms with Gasteiger partial charge in [0.1, 0.15) is 6.04 Å². The molecule has 0 aliphatic carbocycles. The second-order valence-electron chi connectivity index (χ2n) is 5.37. The van der Waals surface area contributed by atoms with E-state index in [4.69, 9.17) is 4.74 Å². The van der Waals surface area contributed by atoms with Crippen molar-refractivity contribution in [2.75, 3.05) is 33.9 Å². The van der Waals surface area contributed by atoms with E-state index in [-0.39, 0.29) is 5.91 Å². The lowest BCUT2D eigenvalue weighted by molar-refractivity contribution is -0.132. The molecule has 120 valence electrons. The molecule has 1 heterocycles. The average molecular weight is 306 g/mol. The zero-order valence-corrected chi connectivity index (χ0v) is 13.0. The molecule has 0 aromatic heterocycles. The second kappa shape index (κ2) is 7.79. The fraction of sp³-hybridized carbons (Fsp3) is 0.500. The molecule has 1 aliphatic heterocycles. The van der Waals surface area contributed by atoms with Gasteiger partial charge < -0.3 is 19.7 Å². The summed E-state index contributed by atoms with van der Waals surface area (Å²) in [5.41, 5.74) is 0.744. The first-order chi connectivity index (χ1) is 10.7. The number of carbonyl (C=O) groups is 2. The lowest BCUT2D eigenvalue weighted by atomic mass is 10.1. The number of nitrogens with one attached hydrogen (secondary N) is 1. The molecule has 6 nitrogen and oxygen atoms in total. The molecule has 6 heteroatoms. The molecule has 0 saturated carbocycles. The Kier molecular flexibility index (Phi) is 5.77.